The second-order valence-corrected chi connectivity index (χ2v) is 3.07. The monoisotopic (exact) mass is 140 g/mol. The highest BCUT2D eigenvalue weighted by Crippen LogP contribution is 2.27. The van der Waals surface area contributed by atoms with Crippen LogP contribution in [0.4, 0.5) is 0 Å². The molecule has 0 aliphatic heterocycles. The molecule has 0 aromatic heterocycles. The van der Waals surface area contributed by atoms with Crippen molar-refractivity contribution >= 4 is 0 Å². The molecule has 0 radical (unpaired) electrons. The van der Waals surface area contributed by atoms with Gasteiger partial charge in [0.2, 0.25) is 0 Å². The van der Waals surface area contributed by atoms with Crippen molar-refractivity contribution in [3.05, 3.63) is 12.2 Å². The number of ether oxygens (including phenoxy) is 1. The molecule has 0 amide bonds. The van der Waals surface area contributed by atoms with Crippen LogP contribution in [0.15, 0.2) is 12.2 Å². The standard InChI is InChI=1S/C9H16O/c1-3-4-5-8-10-9(2)6-7-9/h6-7H,3-5,8H2,1-2H3. The lowest BCUT2D eigenvalue weighted by molar-refractivity contribution is 0.0631. The maximum atomic E-state index is 5.53. The lowest BCUT2D eigenvalue weighted by Gasteiger charge is -2.09. The summed E-state index contributed by atoms with van der Waals surface area (Å²) >= 11 is 0. The molecule has 58 valence electrons. The minimum Gasteiger partial charge on any atom is -0.367 e. The second-order valence-electron chi connectivity index (χ2n) is 3.07. The van der Waals surface area contributed by atoms with Crippen molar-refractivity contribution in [3.63, 3.8) is 0 Å². The molecule has 0 bridgehead atoms. The van der Waals surface area contributed by atoms with Crippen molar-refractivity contribution in [3.8, 4) is 0 Å². The molecule has 0 unspecified atom stereocenters. The molecule has 0 atom stereocenters. The first-order chi connectivity index (χ1) is 4.77. The van der Waals surface area contributed by atoms with E-state index in [-0.39, 0.29) is 5.60 Å². The summed E-state index contributed by atoms with van der Waals surface area (Å²) in [6.07, 6.45) is 7.95. The average molecular weight is 140 g/mol. The summed E-state index contributed by atoms with van der Waals surface area (Å²) in [5.74, 6) is 0. The Morgan fingerprint density at radius 1 is 1.30 bits per heavy atom. The summed E-state index contributed by atoms with van der Waals surface area (Å²) < 4.78 is 5.53. The van der Waals surface area contributed by atoms with Crippen LogP contribution in [0.25, 0.3) is 0 Å². The number of hydrogen-bond donors (Lipinski definition) is 0. The third-order valence-corrected chi connectivity index (χ3v) is 1.80. The third-order valence-electron chi connectivity index (χ3n) is 1.80. The average Bonchev–Trinajstić information content (AvgIpc) is 2.62. The topological polar surface area (TPSA) is 9.23 Å². The van der Waals surface area contributed by atoms with Crippen molar-refractivity contribution in [1.29, 1.82) is 0 Å². The highest BCUT2D eigenvalue weighted by atomic mass is 16.5. The molecule has 0 saturated heterocycles. The van der Waals surface area contributed by atoms with E-state index in [4.69, 9.17) is 4.74 Å². The van der Waals surface area contributed by atoms with Crippen molar-refractivity contribution in [2.24, 2.45) is 0 Å². The Bertz CT molecular complexity index is 121. The predicted molar refractivity (Wildman–Crippen MR) is 43.0 cm³/mol. The number of unbranched alkanes of at least 4 members (excludes halogenated alkanes) is 2. The SMILES string of the molecule is CCCCCOC1(C)C=C1. The van der Waals surface area contributed by atoms with Gasteiger partial charge in [-0.2, -0.15) is 0 Å². The summed E-state index contributed by atoms with van der Waals surface area (Å²) in [6.45, 7) is 5.22. The molecule has 0 spiro atoms. The lowest BCUT2D eigenvalue weighted by Crippen LogP contribution is -2.11. The third kappa shape index (κ3) is 2.53. The summed E-state index contributed by atoms with van der Waals surface area (Å²) in [7, 11) is 0. The van der Waals surface area contributed by atoms with E-state index in [9.17, 15) is 0 Å². The smallest absolute Gasteiger partial charge is 0.102 e. The maximum Gasteiger partial charge on any atom is 0.102 e. The summed E-state index contributed by atoms with van der Waals surface area (Å²) in [4.78, 5) is 0. The molecule has 1 nitrogen and oxygen atoms in total. The van der Waals surface area contributed by atoms with Crippen molar-refractivity contribution < 1.29 is 4.74 Å². The zero-order valence-corrected chi connectivity index (χ0v) is 6.89. The Labute approximate surface area is 63.1 Å². The zero-order valence-electron chi connectivity index (χ0n) is 6.89. The molecule has 0 saturated carbocycles. The van der Waals surface area contributed by atoms with Gasteiger partial charge in [0, 0.05) is 6.61 Å². The van der Waals surface area contributed by atoms with E-state index >= 15 is 0 Å². The number of hydrogen-bond acceptors (Lipinski definition) is 1. The van der Waals surface area contributed by atoms with E-state index in [0.29, 0.717) is 0 Å². The van der Waals surface area contributed by atoms with Crippen LogP contribution in [0.5, 0.6) is 0 Å². The van der Waals surface area contributed by atoms with Crippen LogP contribution in [-0.4, -0.2) is 12.2 Å². The van der Waals surface area contributed by atoms with Gasteiger partial charge < -0.3 is 4.74 Å². The Morgan fingerprint density at radius 3 is 2.50 bits per heavy atom. The summed E-state index contributed by atoms with van der Waals surface area (Å²) in [5.41, 5.74) is 0.0493. The first kappa shape index (κ1) is 7.80. The molecule has 1 heteroatoms. The van der Waals surface area contributed by atoms with E-state index < -0.39 is 0 Å². The van der Waals surface area contributed by atoms with E-state index in [1.54, 1.807) is 0 Å². The molecule has 1 aliphatic rings. The minimum atomic E-state index is 0.0493. The number of rotatable bonds is 5. The van der Waals surface area contributed by atoms with Crippen LogP contribution in [0, 0.1) is 0 Å². The van der Waals surface area contributed by atoms with Crippen LogP contribution in [0.3, 0.4) is 0 Å². The van der Waals surface area contributed by atoms with E-state index in [2.05, 4.69) is 26.0 Å². The fraction of sp³-hybridized carbons (Fsp3) is 0.778. The van der Waals surface area contributed by atoms with Gasteiger partial charge in [-0.1, -0.05) is 31.9 Å². The molecule has 10 heavy (non-hydrogen) atoms. The fourth-order valence-corrected chi connectivity index (χ4v) is 0.858. The van der Waals surface area contributed by atoms with Gasteiger partial charge in [-0.3, -0.25) is 0 Å². The van der Waals surface area contributed by atoms with Crippen LogP contribution in [0.1, 0.15) is 33.1 Å². The molecule has 0 aromatic rings. The van der Waals surface area contributed by atoms with Crippen LogP contribution < -0.4 is 0 Å². The van der Waals surface area contributed by atoms with Gasteiger partial charge >= 0.3 is 0 Å². The Balaban J connectivity index is 1.86. The molecular weight excluding hydrogens is 124 g/mol. The molecule has 1 rings (SSSR count). The zero-order chi connectivity index (χ0) is 7.45. The van der Waals surface area contributed by atoms with Gasteiger partial charge in [0.15, 0.2) is 0 Å². The van der Waals surface area contributed by atoms with Crippen LogP contribution >= 0.6 is 0 Å². The molecule has 0 N–H and O–H groups in total. The highest BCUT2D eigenvalue weighted by molar-refractivity contribution is 5.27. The quantitative estimate of drug-likeness (QED) is 0.421. The van der Waals surface area contributed by atoms with Gasteiger partial charge in [0.05, 0.1) is 0 Å². The maximum absolute atomic E-state index is 5.53. The Hall–Kier alpha value is -0.300. The van der Waals surface area contributed by atoms with E-state index in [0.717, 1.165) is 6.61 Å². The van der Waals surface area contributed by atoms with Gasteiger partial charge in [0.25, 0.3) is 0 Å². The van der Waals surface area contributed by atoms with Crippen molar-refractivity contribution in [2.45, 2.75) is 38.7 Å². The van der Waals surface area contributed by atoms with Crippen molar-refractivity contribution in [2.75, 3.05) is 6.61 Å². The van der Waals surface area contributed by atoms with E-state index in [1.165, 1.54) is 19.3 Å². The Kier molecular flexibility index (Phi) is 2.50. The highest BCUT2D eigenvalue weighted by Gasteiger charge is 2.27. The second kappa shape index (κ2) is 3.20. The molecular formula is C9H16O. The van der Waals surface area contributed by atoms with Gasteiger partial charge in [0.1, 0.15) is 5.60 Å². The van der Waals surface area contributed by atoms with Gasteiger partial charge in [-0.25, -0.2) is 0 Å². The predicted octanol–water partition coefficient (Wildman–Crippen LogP) is 2.52. The lowest BCUT2D eigenvalue weighted by atomic mass is 10.2. The molecule has 1 aliphatic carbocycles. The van der Waals surface area contributed by atoms with Crippen LogP contribution in [0.2, 0.25) is 0 Å². The summed E-state index contributed by atoms with van der Waals surface area (Å²) in [5, 5.41) is 0. The first-order valence-electron chi connectivity index (χ1n) is 4.11. The molecule has 0 aromatic carbocycles. The summed E-state index contributed by atoms with van der Waals surface area (Å²) in [6, 6.07) is 0. The van der Waals surface area contributed by atoms with Gasteiger partial charge in [-0.15, -0.1) is 0 Å². The molecule has 0 heterocycles. The normalized spacial score (nSPS) is 19.4. The molecule has 0 fully saturated rings. The minimum absolute atomic E-state index is 0.0493. The Morgan fingerprint density at radius 2 is 2.00 bits per heavy atom. The van der Waals surface area contributed by atoms with E-state index in [1.807, 2.05) is 0 Å². The van der Waals surface area contributed by atoms with Gasteiger partial charge in [-0.05, 0) is 13.3 Å². The van der Waals surface area contributed by atoms with Crippen molar-refractivity contribution in [1.82, 2.24) is 0 Å². The fourth-order valence-electron chi connectivity index (χ4n) is 0.858. The van der Waals surface area contributed by atoms with Crippen LogP contribution in [-0.2, 0) is 4.74 Å². The largest absolute Gasteiger partial charge is 0.367 e. The first-order valence-corrected chi connectivity index (χ1v) is 4.11.